The number of amides is 2. The van der Waals surface area contributed by atoms with Gasteiger partial charge in [0.25, 0.3) is 5.91 Å². The number of anilines is 1. The van der Waals surface area contributed by atoms with Crippen molar-refractivity contribution in [1.29, 1.82) is 0 Å². The third-order valence-electron chi connectivity index (χ3n) is 4.43. The van der Waals surface area contributed by atoms with E-state index in [1.54, 1.807) is 18.3 Å². The summed E-state index contributed by atoms with van der Waals surface area (Å²) in [6.07, 6.45) is 1.55. The molecule has 9 heteroatoms. The second-order valence-electron chi connectivity index (χ2n) is 6.66. The number of aryl methyl sites for hydroxylation is 2. The molecule has 0 spiro atoms. The van der Waals surface area contributed by atoms with E-state index in [1.807, 2.05) is 32.0 Å². The summed E-state index contributed by atoms with van der Waals surface area (Å²) in [7, 11) is 0. The summed E-state index contributed by atoms with van der Waals surface area (Å²) in [5.74, 6) is -5.93. The molecule has 2 amide bonds. The number of pyridine rings is 1. The van der Waals surface area contributed by atoms with E-state index in [2.05, 4.69) is 15.6 Å². The first-order valence-corrected chi connectivity index (χ1v) is 9.99. The number of halogens is 3. The maximum Gasteiger partial charge on any atom is 0.254 e. The number of aromatic nitrogens is 1. The van der Waals surface area contributed by atoms with E-state index in [9.17, 15) is 22.8 Å². The van der Waals surface area contributed by atoms with Crippen molar-refractivity contribution in [2.75, 3.05) is 11.9 Å². The van der Waals surface area contributed by atoms with Crippen LogP contribution < -0.4 is 10.6 Å². The maximum absolute atomic E-state index is 13.7. The zero-order valence-electron chi connectivity index (χ0n) is 16.6. The standard InChI is InChI=1S/C22H18F3N3O2S/c1-12-5-6-14(10-13(12)2)31-22-15(4-3-9-26-22)21(30)27-11-18(29)28-17-8-7-16(23)19(24)20(17)25/h3-10H,11H2,1-2H3,(H,27,30)(H,28,29). The van der Waals surface area contributed by atoms with Crippen LogP contribution in [0, 0.1) is 31.3 Å². The van der Waals surface area contributed by atoms with Crippen molar-refractivity contribution in [3.63, 3.8) is 0 Å². The summed E-state index contributed by atoms with van der Waals surface area (Å²) in [6.45, 7) is 3.49. The highest BCUT2D eigenvalue weighted by Gasteiger charge is 2.17. The second-order valence-corrected chi connectivity index (χ2v) is 7.72. The molecule has 160 valence electrons. The Hall–Kier alpha value is -3.33. The summed E-state index contributed by atoms with van der Waals surface area (Å²) >= 11 is 1.31. The molecule has 0 atom stereocenters. The normalized spacial score (nSPS) is 10.6. The van der Waals surface area contributed by atoms with Gasteiger partial charge in [-0.3, -0.25) is 9.59 Å². The molecule has 3 rings (SSSR count). The lowest BCUT2D eigenvalue weighted by Crippen LogP contribution is -2.33. The quantitative estimate of drug-likeness (QED) is 0.543. The Kier molecular flexibility index (Phi) is 6.96. The molecule has 2 aromatic carbocycles. The fraction of sp³-hybridized carbons (Fsp3) is 0.136. The molecule has 0 radical (unpaired) electrons. The summed E-state index contributed by atoms with van der Waals surface area (Å²) in [4.78, 5) is 29.7. The molecule has 0 aliphatic carbocycles. The van der Waals surface area contributed by atoms with Gasteiger partial charge in [0.2, 0.25) is 5.91 Å². The number of carbonyl (C=O) groups is 2. The van der Waals surface area contributed by atoms with Crippen molar-refractivity contribution in [3.05, 3.63) is 82.8 Å². The second kappa shape index (κ2) is 9.65. The van der Waals surface area contributed by atoms with Crippen LogP contribution in [0.25, 0.3) is 0 Å². The molecule has 0 bridgehead atoms. The maximum atomic E-state index is 13.7. The molecular formula is C22H18F3N3O2S. The Morgan fingerprint density at radius 1 is 1.00 bits per heavy atom. The highest BCUT2D eigenvalue weighted by atomic mass is 32.2. The summed E-state index contributed by atoms with van der Waals surface area (Å²) in [6, 6.07) is 10.6. The zero-order valence-corrected chi connectivity index (χ0v) is 17.4. The third kappa shape index (κ3) is 5.43. The smallest absolute Gasteiger partial charge is 0.254 e. The molecule has 1 heterocycles. The predicted molar refractivity (Wildman–Crippen MR) is 112 cm³/mol. The zero-order chi connectivity index (χ0) is 22.5. The van der Waals surface area contributed by atoms with Crippen molar-refractivity contribution in [2.45, 2.75) is 23.8 Å². The Morgan fingerprint density at radius 2 is 1.77 bits per heavy atom. The van der Waals surface area contributed by atoms with E-state index in [-0.39, 0.29) is 5.56 Å². The van der Waals surface area contributed by atoms with Crippen molar-refractivity contribution in [3.8, 4) is 0 Å². The average Bonchev–Trinajstić information content (AvgIpc) is 2.75. The Labute approximate surface area is 181 Å². The number of benzene rings is 2. The lowest BCUT2D eigenvalue weighted by molar-refractivity contribution is -0.115. The van der Waals surface area contributed by atoms with Crippen molar-refractivity contribution in [1.82, 2.24) is 10.3 Å². The van der Waals surface area contributed by atoms with E-state index in [4.69, 9.17) is 0 Å². The molecule has 0 aliphatic heterocycles. The van der Waals surface area contributed by atoms with Crippen LogP contribution >= 0.6 is 11.8 Å². The molecule has 0 saturated heterocycles. The minimum atomic E-state index is -1.69. The highest BCUT2D eigenvalue weighted by molar-refractivity contribution is 7.99. The largest absolute Gasteiger partial charge is 0.343 e. The molecule has 0 fully saturated rings. The fourth-order valence-corrected chi connectivity index (χ4v) is 3.59. The van der Waals surface area contributed by atoms with E-state index in [1.165, 1.54) is 11.8 Å². The molecule has 31 heavy (non-hydrogen) atoms. The van der Waals surface area contributed by atoms with Gasteiger partial charge in [-0.15, -0.1) is 0 Å². The van der Waals surface area contributed by atoms with Crippen molar-refractivity contribution < 1.29 is 22.8 Å². The molecule has 0 saturated carbocycles. The Morgan fingerprint density at radius 3 is 2.52 bits per heavy atom. The van der Waals surface area contributed by atoms with Crippen LogP contribution in [-0.4, -0.2) is 23.3 Å². The minimum Gasteiger partial charge on any atom is -0.343 e. The van der Waals surface area contributed by atoms with Crippen LogP contribution in [0.15, 0.2) is 58.6 Å². The summed E-state index contributed by atoms with van der Waals surface area (Å²) in [5.41, 5.74) is 1.99. The third-order valence-corrected chi connectivity index (χ3v) is 5.44. The predicted octanol–water partition coefficient (Wildman–Crippen LogP) is 4.64. The van der Waals surface area contributed by atoms with Gasteiger partial charge >= 0.3 is 0 Å². The summed E-state index contributed by atoms with van der Waals surface area (Å²) < 4.78 is 39.9. The molecule has 5 nitrogen and oxygen atoms in total. The fourth-order valence-electron chi connectivity index (χ4n) is 2.61. The molecule has 0 aliphatic rings. The molecule has 2 N–H and O–H groups in total. The van der Waals surface area contributed by atoms with Gasteiger partial charge in [0.1, 0.15) is 5.03 Å². The van der Waals surface area contributed by atoms with Gasteiger partial charge < -0.3 is 10.6 Å². The van der Waals surface area contributed by atoms with Gasteiger partial charge in [0.05, 0.1) is 17.8 Å². The van der Waals surface area contributed by atoms with E-state index in [0.29, 0.717) is 11.1 Å². The lowest BCUT2D eigenvalue weighted by Gasteiger charge is -2.11. The van der Waals surface area contributed by atoms with Gasteiger partial charge in [-0.25, -0.2) is 18.2 Å². The number of carbonyl (C=O) groups excluding carboxylic acids is 2. The van der Waals surface area contributed by atoms with Crippen molar-refractivity contribution in [2.24, 2.45) is 0 Å². The van der Waals surface area contributed by atoms with Gasteiger partial charge in [-0.2, -0.15) is 0 Å². The molecular weight excluding hydrogens is 427 g/mol. The highest BCUT2D eigenvalue weighted by Crippen LogP contribution is 2.30. The van der Waals surface area contributed by atoms with E-state index < -0.39 is 41.5 Å². The summed E-state index contributed by atoms with van der Waals surface area (Å²) in [5, 5.41) is 4.97. The lowest BCUT2D eigenvalue weighted by atomic mass is 10.1. The van der Waals surface area contributed by atoms with Crippen LogP contribution in [0.2, 0.25) is 0 Å². The van der Waals surface area contributed by atoms with Gasteiger partial charge in [0.15, 0.2) is 17.5 Å². The van der Waals surface area contributed by atoms with Crippen LogP contribution in [-0.2, 0) is 4.79 Å². The molecule has 1 aromatic heterocycles. The van der Waals surface area contributed by atoms with E-state index in [0.717, 1.165) is 22.1 Å². The number of hydrogen-bond donors (Lipinski definition) is 2. The Bertz CT molecular complexity index is 1150. The molecule has 3 aromatic rings. The number of rotatable bonds is 6. The molecule has 0 unspecified atom stereocenters. The van der Waals surface area contributed by atoms with Gasteiger partial charge in [-0.1, -0.05) is 17.8 Å². The van der Waals surface area contributed by atoms with E-state index >= 15 is 0 Å². The van der Waals surface area contributed by atoms with Gasteiger partial charge in [0, 0.05) is 11.1 Å². The van der Waals surface area contributed by atoms with Crippen LogP contribution in [0.3, 0.4) is 0 Å². The average molecular weight is 445 g/mol. The van der Waals surface area contributed by atoms with Gasteiger partial charge in [-0.05, 0) is 61.4 Å². The first-order valence-electron chi connectivity index (χ1n) is 9.18. The van der Waals surface area contributed by atoms with Crippen molar-refractivity contribution >= 4 is 29.3 Å². The number of hydrogen-bond acceptors (Lipinski definition) is 4. The first-order chi connectivity index (χ1) is 14.8. The monoisotopic (exact) mass is 445 g/mol. The topological polar surface area (TPSA) is 71.1 Å². The van der Waals surface area contributed by atoms with Crippen LogP contribution in [0.5, 0.6) is 0 Å². The van der Waals surface area contributed by atoms with Crippen LogP contribution in [0.4, 0.5) is 18.9 Å². The van der Waals surface area contributed by atoms with Crippen LogP contribution in [0.1, 0.15) is 21.5 Å². The number of nitrogens with one attached hydrogen (secondary N) is 2. The number of nitrogens with zero attached hydrogens (tertiary/aromatic N) is 1. The minimum absolute atomic E-state index is 0.262. The Balaban J connectivity index is 1.66. The SMILES string of the molecule is Cc1ccc(Sc2ncccc2C(=O)NCC(=O)Nc2ccc(F)c(F)c2F)cc1C. The first kappa shape index (κ1) is 22.4.